The highest BCUT2D eigenvalue weighted by atomic mass is 32.1. The molecule has 14 heavy (non-hydrogen) atoms. The number of aryl methyl sites for hydroxylation is 1. The molecule has 0 saturated carbocycles. The highest BCUT2D eigenvalue weighted by molar-refractivity contribution is 7.13. The smallest absolute Gasteiger partial charge is 0.294 e. The van der Waals surface area contributed by atoms with Crippen LogP contribution in [0, 0.1) is 6.92 Å². The predicted molar refractivity (Wildman–Crippen MR) is 51.2 cm³/mol. The van der Waals surface area contributed by atoms with E-state index in [-0.39, 0.29) is 11.7 Å². The van der Waals surface area contributed by atoms with Crippen LogP contribution in [0.1, 0.15) is 16.3 Å². The molecule has 0 atom stereocenters. The minimum atomic E-state index is -0.336. The lowest BCUT2D eigenvalue weighted by atomic mass is 10.6. The molecule has 0 unspecified atom stereocenters. The van der Waals surface area contributed by atoms with Crippen LogP contribution in [0.4, 0.5) is 5.13 Å². The van der Waals surface area contributed by atoms with Crippen molar-refractivity contribution < 1.29 is 4.79 Å². The molecule has 0 saturated heterocycles. The predicted octanol–water partition coefficient (Wildman–Crippen LogP) is 0.822. The van der Waals surface area contributed by atoms with Crippen molar-refractivity contribution in [3.05, 3.63) is 23.2 Å². The lowest BCUT2D eigenvalue weighted by Gasteiger charge is -1.95. The second kappa shape index (κ2) is 3.54. The fourth-order valence-corrected chi connectivity index (χ4v) is 1.57. The maximum Gasteiger partial charge on any atom is 0.294 e. The quantitative estimate of drug-likeness (QED) is 0.767. The largest absolute Gasteiger partial charge is 0.295 e. The normalized spacial score (nSPS) is 10.1. The number of carbonyl (C=O) groups is 1. The number of nitrogens with zero attached hydrogens (tertiary/aromatic N) is 3. The standard InChI is InChI=1S/C7H7N5OS/c1-4-2-14-7(10-4)11-6(13)5-8-3-9-12-5/h2-3H,1H3,(H,8,9,12)(H,10,11,13). The van der Waals surface area contributed by atoms with Gasteiger partial charge in [-0.2, -0.15) is 5.10 Å². The monoisotopic (exact) mass is 209 g/mol. The van der Waals surface area contributed by atoms with Gasteiger partial charge in [-0.3, -0.25) is 15.2 Å². The van der Waals surface area contributed by atoms with Crippen molar-refractivity contribution in [1.29, 1.82) is 0 Å². The number of hydrogen-bond donors (Lipinski definition) is 2. The van der Waals surface area contributed by atoms with Gasteiger partial charge in [0, 0.05) is 5.38 Å². The molecule has 0 aliphatic heterocycles. The molecule has 72 valence electrons. The van der Waals surface area contributed by atoms with Gasteiger partial charge in [0.1, 0.15) is 6.33 Å². The van der Waals surface area contributed by atoms with Gasteiger partial charge in [-0.1, -0.05) is 0 Å². The van der Waals surface area contributed by atoms with Gasteiger partial charge in [0.25, 0.3) is 5.91 Å². The Morgan fingerprint density at radius 2 is 2.50 bits per heavy atom. The van der Waals surface area contributed by atoms with E-state index in [9.17, 15) is 4.79 Å². The molecule has 2 aromatic rings. The van der Waals surface area contributed by atoms with Crippen molar-refractivity contribution in [2.45, 2.75) is 6.92 Å². The number of aromatic nitrogens is 4. The number of hydrogen-bond acceptors (Lipinski definition) is 5. The summed E-state index contributed by atoms with van der Waals surface area (Å²) in [6, 6.07) is 0. The van der Waals surface area contributed by atoms with Crippen LogP contribution in [0.15, 0.2) is 11.7 Å². The molecular formula is C7H7N5OS. The lowest BCUT2D eigenvalue weighted by Crippen LogP contribution is -2.13. The summed E-state index contributed by atoms with van der Waals surface area (Å²) in [5.74, 6) is -0.158. The average molecular weight is 209 g/mol. The molecule has 1 amide bonds. The van der Waals surface area contributed by atoms with E-state index in [4.69, 9.17) is 0 Å². The van der Waals surface area contributed by atoms with Crippen LogP contribution in [0.3, 0.4) is 0 Å². The van der Waals surface area contributed by atoms with Crippen molar-refractivity contribution in [1.82, 2.24) is 20.2 Å². The zero-order valence-electron chi connectivity index (χ0n) is 7.31. The Bertz CT molecular complexity index is 435. The molecule has 0 spiro atoms. The average Bonchev–Trinajstić information content (AvgIpc) is 2.75. The Labute approximate surface area is 83.4 Å². The van der Waals surface area contributed by atoms with Gasteiger partial charge >= 0.3 is 0 Å². The first-order valence-electron chi connectivity index (χ1n) is 3.84. The second-order valence-electron chi connectivity index (χ2n) is 2.58. The number of carbonyl (C=O) groups excluding carboxylic acids is 1. The summed E-state index contributed by atoms with van der Waals surface area (Å²) < 4.78 is 0. The summed E-state index contributed by atoms with van der Waals surface area (Å²) in [5.41, 5.74) is 0.878. The van der Waals surface area contributed by atoms with E-state index in [1.54, 1.807) is 0 Å². The molecule has 2 rings (SSSR count). The maximum absolute atomic E-state index is 11.4. The molecule has 7 heteroatoms. The van der Waals surface area contributed by atoms with Gasteiger partial charge in [0.15, 0.2) is 5.13 Å². The van der Waals surface area contributed by atoms with Crippen molar-refractivity contribution >= 4 is 22.4 Å². The van der Waals surface area contributed by atoms with E-state index in [1.165, 1.54) is 17.7 Å². The zero-order valence-corrected chi connectivity index (χ0v) is 8.13. The summed E-state index contributed by atoms with van der Waals surface area (Å²) in [7, 11) is 0. The number of amides is 1. The molecule has 6 nitrogen and oxygen atoms in total. The van der Waals surface area contributed by atoms with Gasteiger partial charge in [-0.05, 0) is 6.92 Å². The number of H-pyrrole nitrogens is 1. The van der Waals surface area contributed by atoms with Crippen LogP contribution in [0.2, 0.25) is 0 Å². The van der Waals surface area contributed by atoms with Crippen LogP contribution in [0.5, 0.6) is 0 Å². The van der Waals surface area contributed by atoms with E-state index in [1.807, 2.05) is 12.3 Å². The number of aromatic amines is 1. The zero-order chi connectivity index (χ0) is 9.97. The topological polar surface area (TPSA) is 83.6 Å². The minimum Gasteiger partial charge on any atom is -0.295 e. The van der Waals surface area contributed by atoms with Crippen LogP contribution >= 0.6 is 11.3 Å². The van der Waals surface area contributed by atoms with Crippen LogP contribution in [-0.2, 0) is 0 Å². The third-order valence-electron chi connectivity index (χ3n) is 1.47. The van der Waals surface area contributed by atoms with Crippen molar-refractivity contribution in [3.63, 3.8) is 0 Å². The van der Waals surface area contributed by atoms with Crippen LogP contribution in [-0.4, -0.2) is 26.1 Å². The SMILES string of the molecule is Cc1csc(NC(=O)c2ncn[nH]2)n1. The van der Waals surface area contributed by atoms with Gasteiger partial charge in [-0.15, -0.1) is 11.3 Å². The van der Waals surface area contributed by atoms with Gasteiger partial charge in [0.2, 0.25) is 5.82 Å². The summed E-state index contributed by atoms with van der Waals surface area (Å²) in [6.07, 6.45) is 1.28. The Morgan fingerprint density at radius 3 is 3.07 bits per heavy atom. The Morgan fingerprint density at radius 1 is 1.64 bits per heavy atom. The third kappa shape index (κ3) is 1.77. The lowest BCUT2D eigenvalue weighted by molar-refractivity contribution is 0.101. The summed E-state index contributed by atoms with van der Waals surface area (Å²) >= 11 is 1.37. The molecule has 0 bridgehead atoms. The fourth-order valence-electron chi connectivity index (χ4n) is 0.883. The van der Waals surface area contributed by atoms with Crippen molar-refractivity contribution in [3.8, 4) is 0 Å². The second-order valence-corrected chi connectivity index (χ2v) is 3.44. The minimum absolute atomic E-state index is 0.179. The fraction of sp³-hybridized carbons (Fsp3) is 0.143. The van der Waals surface area contributed by atoms with Gasteiger partial charge in [-0.25, -0.2) is 9.97 Å². The highest BCUT2D eigenvalue weighted by Crippen LogP contribution is 2.14. The Balaban J connectivity index is 2.09. The number of rotatable bonds is 2. The molecule has 0 fully saturated rings. The van der Waals surface area contributed by atoms with Gasteiger partial charge < -0.3 is 0 Å². The molecule has 0 aliphatic carbocycles. The molecule has 0 aromatic carbocycles. The summed E-state index contributed by atoms with van der Waals surface area (Å²) in [4.78, 5) is 19.2. The summed E-state index contributed by atoms with van der Waals surface area (Å²) in [6.45, 7) is 1.86. The molecule has 2 N–H and O–H groups in total. The van der Waals surface area contributed by atoms with Crippen molar-refractivity contribution in [2.24, 2.45) is 0 Å². The first-order valence-corrected chi connectivity index (χ1v) is 4.72. The molecular weight excluding hydrogens is 202 g/mol. The van der Waals surface area contributed by atoms with Gasteiger partial charge in [0.05, 0.1) is 5.69 Å². The van der Waals surface area contributed by atoms with E-state index >= 15 is 0 Å². The first-order chi connectivity index (χ1) is 6.75. The summed E-state index contributed by atoms with van der Waals surface area (Å²) in [5, 5.41) is 11.1. The number of nitrogens with one attached hydrogen (secondary N) is 2. The third-order valence-corrected chi connectivity index (χ3v) is 2.35. The number of anilines is 1. The molecule has 2 aromatic heterocycles. The first kappa shape index (κ1) is 8.82. The van der Waals surface area contributed by atoms with E-state index in [0.717, 1.165) is 5.69 Å². The Hall–Kier alpha value is -1.76. The molecule has 0 aliphatic rings. The van der Waals surface area contributed by atoms with Crippen LogP contribution < -0.4 is 5.32 Å². The maximum atomic E-state index is 11.4. The number of thiazole rings is 1. The van der Waals surface area contributed by atoms with Crippen LogP contribution in [0.25, 0.3) is 0 Å². The van der Waals surface area contributed by atoms with Crippen molar-refractivity contribution in [2.75, 3.05) is 5.32 Å². The molecule has 0 radical (unpaired) electrons. The Kier molecular flexibility index (Phi) is 2.23. The van der Waals surface area contributed by atoms with E-state index in [2.05, 4.69) is 25.5 Å². The highest BCUT2D eigenvalue weighted by Gasteiger charge is 2.10. The molecule has 2 heterocycles. The van der Waals surface area contributed by atoms with E-state index in [0.29, 0.717) is 5.13 Å². The van der Waals surface area contributed by atoms with E-state index < -0.39 is 0 Å².